The molecule has 0 amide bonds. The van der Waals surface area contributed by atoms with E-state index in [4.69, 9.17) is 18.9 Å². The average molecular weight is 342 g/mol. The molecule has 0 aromatic heterocycles. The van der Waals surface area contributed by atoms with E-state index in [2.05, 4.69) is 0 Å². The summed E-state index contributed by atoms with van der Waals surface area (Å²) in [6.45, 7) is 4.13. The first-order chi connectivity index (χ1) is 12.1. The fourth-order valence-electron chi connectivity index (χ4n) is 2.09. The van der Waals surface area contributed by atoms with Crippen molar-refractivity contribution in [2.75, 3.05) is 20.5 Å². The summed E-state index contributed by atoms with van der Waals surface area (Å²) in [5.41, 5.74) is 1.82. The number of esters is 1. The standard InChI is InChI=1S/C20H22O5/c1-4-23-20(21)12-7-16-6-5-15(2)13-19(16)25-14-24-18-10-8-17(22-3)9-11-18/h5-13H,4,14H2,1-3H3/b12-7+. The summed E-state index contributed by atoms with van der Waals surface area (Å²) in [6, 6.07) is 13.0. The van der Waals surface area contributed by atoms with Crippen molar-refractivity contribution in [3.8, 4) is 17.2 Å². The highest BCUT2D eigenvalue weighted by molar-refractivity contribution is 5.87. The fourth-order valence-corrected chi connectivity index (χ4v) is 2.09. The molecule has 0 unspecified atom stereocenters. The molecule has 2 rings (SSSR count). The predicted octanol–water partition coefficient (Wildman–Crippen LogP) is 4.00. The van der Waals surface area contributed by atoms with Crippen LogP contribution in [0.1, 0.15) is 18.1 Å². The van der Waals surface area contributed by atoms with Crippen LogP contribution in [0.2, 0.25) is 0 Å². The van der Waals surface area contributed by atoms with E-state index in [-0.39, 0.29) is 12.8 Å². The summed E-state index contributed by atoms with van der Waals surface area (Å²) in [5, 5.41) is 0. The van der Waals surface area contributed by atoms with Gasteiger partial charge in [0.15, 0.2) is 0 Å². The maximum Gasteiger partial charge on any atom is 0.330 e. The van der Waals surface area contributed by atoms with Crippen LogP contribution in [-0.4, -0.2) is 26.5 Å². The summed E-state index contributed by atoms with van der Waals surface area (Å²) in [6.07, 6.45) is 3.05. The molecule has 0 saturated heterocycles. The zero-order chi connectivity index (χ0) is 18.1. The van der Waals surface area contributed by atoms with Gasteiger partial charge in [0.1, 0.15) is 17.2 Å². The zero-order valence-corrected chi connectivity index (χ0v) is 14.7. The quantitative estimate of drug-likeness (QED) is 0.412. The van der Waals surface area contributed by atoms with Gasteiger partial charge in [-0.25, -0.2) is 4.79 Å². The maximum atomic E-state index is 11.5. The minimum atomic E-state index is -0.386. The fraction of sp³-hybridized carbons (Fsp3) is 0.250. The maximum absolute atomic E-state index is 11.5. The molecule has 5 nitrogen and oxygen atoms in total. The zero-order valence-electron chi connectivity index (χ0n) is 14.7. The Labute approximate surface area is 147 Å². The Morgan fingerprint density at radius 2 is 1.76 bits per heavy atom. The lowest BCUT2D eigenvalue weighted by Gasteiger charge is -2.12. The molecule has 0 spiro atoms. The normalized spacial score (nSPS) is 10.5. The number of hydrogen-bond acceptors (Lipinski definition) is 5. The molecule has 132 valence electrons. The van der Waals surface area contributed by atoms with E-state index < -0.39 is 0 Å². The Hall–Kier alpha value is -2.95. The largest absolute Gasteiger partial charge is 0.497 e. The summed E-state index contributed by atoms with van der Waals surface area (Å²) in [7, 11) is 1.61. The van der Waals surface area contributed by atoms with E-state index in [1.54, 1.807) is 32.2 Å². The first-order valence-corrected chi connectivity index (χ1v) is 7.97. The molecule has 0 radical (unpaired) electrons. The molecule has 2 aromatic carbocycles. The molecule has 0 aliphatic rings. The van der Waals surface area contributed by atoms with Crippen LogP contribution < -0.4 is 14.2 Å². The van der Waals surface area contributed by atoms with E-state index in [0.717, 1.165) is 16.9 Å². The van der Waals surface area contributed by atoms with Crippen molar-refractivity contribution in [2.24, 2.45) is 0 Å². The second kappa shape index (κ2) is 9.37. The van der Waals surface area contributed by atoms with Gasteiger partial charge in [-0.15, -0.1) is 0 Å². The second-order valence-corrected chi connectivity index (χ2v) is 5.21. The molecule has 25 heavy (non-hydrogen) atoms. The van der Waals surface area contributed by atoms with E-state index in [1.165, 1.54) is 6.08 Å². The number of carbonyl (C=O) groups excluding carboxylic acids is 1. The monoisotopic (exact) mass is 342 g/mol. The van der Waals surface area contributed by atoms with Crippen LogP contribution in [-0.2, 0) is 9.53 Å². The SMILES string of the molecule is CCOC(=O)/C=C/c1ccc(C)cc1OCOc1ccc(OC)cc1. The average Bonchev–Trinajstić information content (AvgIpc) is 2.62. The minimum absolute atomic E-state index is 0.0516. The second-order valence-electron chi connectivity index (χ2n) is 5.21. The Morgan fingerprint density at radius 1 is 1.04 bits per heavy atom. The van der Waals surface area contributed by atoms with Gasteiger partial charge in [-0.1, -0.05) is 12.1 Å². The number of benzene rings is 2. The van der Waals surface area contributed by atoms with Crippen molar-refractivity contribution in [1.82, 2.24) is 0 Å². The molecule has 2 aromatic rings. The lowest BCUT2D eigenvalue weighted by Crippen LogP contribution is -2.06. The first-order valence-electron chi connectivity index (χ1n) is 7.97. The molecule has 0 heterocycles. The lowest BCUT2D eigenvalue weighted by atomic mass is 10.1. The molecule has 5 heteroatoms. The van der Waals surface area contributed by atoms with Gasteiger partial charge in [-0.2, -0.15) is 0 Å². The lowest BCUT2D eigenvalue weighted by molar-refractivity contribution is -0.137. The van der Waals surface area contributed by atoms with E-state index in [9.17, 15) is 4.79 Å². The molecule has 0 saturated carbocycles. The number of ether oxygens (including phenoxy) is 4. The molecule has 0 N–H and O–H groups in total. The predicted molar refractivity (Wildman–Crippen MR) is 96.0 cm³/mol. The van der Waals surface area contributed by atoms with Gasteiger partial charge >= 0.3 is 5.97 Å². The molecular formula is C20H22O5. The highest BCUT2D eigenvalue weighted by Gasteiger charge is 2.04. The van der Waals surface area contributed by atoms with Crippen molar-refractivity contribution in [1.29, 1.82) is 0 Å². The van der Waals surface area contributed by atoms with Crippen LogP contribution in [0.4, 0.5) is 0 Å². The van der Waals surface area contributed by atoms with Gasteiger partial charge in [0, 0.05) is 11.6 Å². The van der Waals surface area contributed by atoms with Crippen LogP contribution in [0.15, 0.2) is 48.5 Å². The van der Waals surface area contributed by atoms with Gasteiger partial charge in [0.05, 0.1) is 13.7 Å². The number of methoxy groups -OCH3 is 1. The number of hydrogen-bond donors (Lipinski definition) is 0. The Balaban J connectivity index is 2.00. The third-order valence-electron chi connectivity index (χ3n) is 3.35. The van der Waals surface area contributed by atoms with Crippen molar-refractivity contribution in [3.63, 3.8) is 0 Å². The number of aryl methyl sites for hydroxylation is 1. The summed E-state index contributed by atoms with van der Waals surface area (Å²) in [5.74, 6) is 1.69. The van der Waals surface area contributed by atoms with Crippen LogP contribution >= 0.6 is 0 Å². The summed E-state index contributed by atoms with van der Waals surface area (Å²) in [4.78, 5) is 11.5. The van der Waals surface area contributed by atoms with Gasteiger partial charge in [0.25, 0.3) is 0 Å². The van der Waals surface area contributed by atoms with Crippen molar-refractivity contribution in [3.05, 3.63) is 59.7 Å². The summed E-state index contributed by atoms with van der Waals surface area (Å²) < 4.78 is 21.3. The van der Waals surface area contributed by atoms with Crippen molar-refractivity contribution >= 4 is 12.0 Å². The van der Waals surface area contributed by atoms with Gasteiger partial charge in [0.2, 0.25) is 6.79 Å². The topological polar surface area (TPSA) is 54.0 Å². The van der Waals surface area contributed by atoms with Gasteiger partial charge < -0.3 is 18.9 Å². The van der Waals surface area contributed by atoms with Crippen LogP contribution in [0, 0.1) is 6.92 Å². The van der Waals surface area contributed by atoms with Crippen LogP contribution in [0.3, 0.4) is 0 Å². The molecule has 0 aliphatic carbocycles. The van der Waals surface area contributed by atoms with Gasteiger partial charge in [-0.3, -0.25) is 0 Å². The van der Waals surface area contributed by atoms with E-state index >= 15 is 0 Å². The molecule has 0 bridgehead atoms. The minimum Gasteiger partial charge on any atom is -0.497 e. The number of carbonyl (C=O) groups is 1. The van der Waals surface area contributed by atoms with Crippen LogP contribution in [0.25, 0.3) is 6.08 Å². The smallest absolute Gasteiger partial charge is 0.330 e. The Morgan fingerprint density at radius 3 is 2.44 bits per heavy atom. The molecule has 0 aliphatic heterocycles. The van der Waals surface area contributed by atoms with Crippen molar-refractivity contribution < 1.29 is 23.7 Å². The Kier molecular flexibility index (Phi) is 6.89. The van der Waals surface area contributed by atoms with E-state index in [0.29, 0.717) is 18.1 Å². The highest BCUT2D eigenvalue weighted by atomic mass is 16.7. The van der Waals surface area contributed by atoms with E-state index in [1.807, 2.05) is 37.3 Å². The summed E-state index contributed by atoms with van der Waals surface area (Å²) >= 11 is 0. The molecule has 0 atom stereocenters. The third-order valence-corrected chi connectivity index (χ3v) is 3.35. The first kappa shape index (κ1) is 18.4. The van der Waals surface area contributed by atoms with Crippen LogP contribution in [0.5, 0.6) is 17.2 Å². The molecule has 0 fully saturated rings. The molecular weight excluding hydrogens is 320 g/mol. The Bertz CT molecular complexity index is 719. The number of rotatable bonds is 8. The van der Waals surface area contributed by atoms with Gasteiger partial charge in [-0.05, 0) is 55.8 Å². The highest BCUT2D eigenvalue weighted by Crippen LogP contribution is 2.23. The van der Waals surface area contributed by atoms with Crippen molar-refractivity contribution in [2.45, 2.75) is 13.8 Å². The third kappa shape index (κ3) is 5.88.